The zero-order chi connectivity index (χ0) is 22.2. The quantitative estimate of drug-likeness (QED) is 0.411. The number of nitrogens with zero attached hydrogens (tertiary/aromatic N) is 4. The molecule has 0 amide bonds. The monoisotopic (exact) mass is 480 g/mol. The van der Waals surface area contributed by atoms with Crippen molar-refractivity contribution in [3.05, 3.63) is 72.3 Å². The minimum atomic E-state index is -0.0840. The van der Waals surface area contributed by atoms with Crippen LogP contribution in [0.3, 0.4) is 0 Å². The lowest BCUT2D eigenvalue weighted by Crippen LogP contribution is -2.33. The van der Waals surface area contributed by atoms with E-state index in [1.54, 1.807) is 11.3 Å². The molecule has 0 saturated carbocycles. The molecule has 1 aromatic carbocycles. The second-order valence-electron chi connectivity index (χ2n) is 8.51. The van der Waals surface area contributed by atoms with Gasteiger partial charge in [-0.3, -0.25) is 4.99 Å². The van der Waals surface area contributed by atoms with E-state index >= 15 is 0 Å². The molecule has 3 aromatic rings. The van der Waals surface area contributed by atoms with Gasteiger partial charge in [-0.15, -0.1) is 22.7 Å². The summed E-state index contributed by atoms with van der Waals surface area (Å²) in [6.07, 6.45) is 5.66. The summed E-state index contributed by atoms with van der Waals surface area (Å²) in [4.78, 5) is 12.8. The molecule has 2 aliphatic rings. The fourth-order valence-corrected chi connectivity index (χ4v) is 6.56. The van der Waals surface area contributed by atoms with Crippen LogP contribution < -0.4 is 0 Å². The molecule has 5 rings (SSSR count). The predicted molar refractivity (Wildman–Crippen MR) is 137 cm³/mol. The summed E-state index contributed by atoms with van der Waals surface area (Å²) < 4.78 is 0. The molecular formula is C25H25ClN4S2. The van der Waals surface area contributed by atoms with Gasteiger partial charge in [0.1, 0.15) is 0 Å². The van der Waals surface area contributed by atoms with Crippen LogP contribution in [0.15, 0.2) is 51.0 Å². The van der Waals surface area contributed by atoms with Gasteiger partial charge < -0.3 is 0 Å². The van der Waals surface area contributed by atoms with Crippen LogP contribution in [0.25, 0.3) is 0 Å². The number of aromatic nitrogens is 1. The summed E-state index contributed by atoms with van der Waals surface area (Å²) in [5.74, 6) is 0.362. The molecule has 0 radical (unpaired) electrons. The van der Waals surface area contributed by atoms with Crippen LogP contribution in [-0.2, 0) is 12.8 Å². The largest absolute Gasteiger partial charge is 0.274 e. The Morgan fingerprint density at radius 2 is 1.91 bits per heavy atom. The molecule has 4 nitrogen and oxygen atoms in total. The molecule has 0 bridgehead atoms. The predicted octanol–water partition coefficient (Wildman–Crippen LogP) is 6.71. The molecule has 7 heteroatoms. The van der Waals surface area contributed by atoms with Crippen molar-refractivity contribution >= 4 is 51.4 Å². The van der Waals surface area contributed by atoms with Crippen LogP contribution in [-0.4, -0.2) is 28.2 Å². The summed E-state index contributed by atoms with van der Waals surface area (Å²) in [6, 6.07) is 7.98. The van der Waals surface area contributed by atoms with Crippen molar-refractivity contribution in [3.8, 4) is 0 Å². The smallest absolute Gasteiger partial charge is 0.0973 e. The lowest BCUT2D eigenvalue weighted by Gasteiger charge is -2.25. The fraction of sp³-hybridized carbons (Fsp3) is 0.360. The molecule has 2 aromatic heterocycles. The minimum Gasteiger partial charge on any atom is -0.274 e. The molecule has 2 atom stereocenters. The highest BCUT2D eigenvalue weighted by Gasteiger charge is 2.32. The third kappa shape index (κ3) is 4.24. The summed E-state index contributed by atoms with van der Waals surface area (Å²) >= 11 is 9.81. The molecule has 0 spiro atoms. The van der Waals surface area contributed by atoms with E-state index in [2.05, 4.69) is 43.0 Å². The van der Waals surface area contributed by atoms with Gasteiger partial charge >= 0.3 is 0 Å². The van der Waals surface area contributed by atoms with E-state index in [4.69, 9.17) is 21.7 Å². The Kier molecular flexibility index (Phi) is 6.10. The number of halogens is 1. The molecule has 0 aliphatic carbocycles. The third-order valence-corrected chi connectivity index (χ3v) is 8.63. The van der Waals surface area contributed by atoms with Crippen molar-refractivity contribution in [3.63, 3.8) is 0 Å². The normalized spacial score (nSPS) is 20.8. The van der Waals surface area contributed by atoms with Crippen LogP contribution in [0.5, 0.6) is 0 Å². The number of hydrogen-bond acceptors (Lipinski definition) is 6. The van der Waals surface area contributed by atoms with E-state index in [0.717, 1.165) is 58.4 Å². The highest BCUT2D eigenvalue weighted by Crippen LogP contribution is 2.35. The van der Waals surface area contributed by atoms with Crippen molar-refractivity contribution < 1.29 is 0 Å². The van der Waals surface area contributed by atoms with Crippen molar-refractivity contribution in [1.29, 1.82) is 0 Å². The number of benzene rings is 1. The van der Waals surface area contributed by atoms with Crippen LogP contribution in [0.1, 0.15) is 51.2 Å². The maximum atomic E-state index is 6.22. The number of thiazole rings is 1. The van der Waals surface area contributed by atoms with Crippen LogP contribution in [0, 0.1) is 19.8 Å². The Labute approximate surface area is 201 Å². The lowest BCUT2D eigenvalue weighted by atomic mass is 9.86. The van der Waals surface area contributed by atoms with Gasteiger partial charge in [-0.2, -0.15) is 10.2 Å². The Bertz CT molecular complexity index is 1220. The first-order chi connectivity index (χ1) is 15.5. The average Bonchev–Trinajstić information content (AvgIpc) is 3.39. The van der Waals surface area contributed by atoms with Gasteiger partial charge in [-0.1, -0.05) is 23.7 Å². The van der Waals surface area contributed by atoms with Gasteiger partial charge in [0.25, 0.3) is 0 Å². The summed E-state index contributed by atoms with van der Waals surface area (Å²) in [5.41, 5.74) is 6.94. The third-order valence-electron chi connectivity index (χ3n) is 6.31. The van der Waals surface area contributed by atoms with Crippen LogP contribution in [0.2, 0.25) is 5.02 Å². The first-order valence-corrected chi connectivity index (χ1v) is 13.0. The molecule has 164 valence electrons. The van der Waals surface area contributed by atoms with Gasteiger partial charge in [0.15, 0.2) is 0 Å². The van der Waals surface area contributed by atoms with Gasteiger partial charge in [-0.05, 0) is 57.7 Å². The van der Waals surface area contributed by atoms with Crippen molar-refractivity contribution in [2.75, 3.05) is 0 Å². The second-order valence-corrected chi connectivity index (χ2v) is 11.2. The number of thiophene rings is 1. The Morgan fingerprint density at radius 1 is 1.09 bits per heavy atom. The average molecular weight is 481 g/mol. The number of hydrogen-bond donors (Lipinski definition) is 0. The molecule has 0 saturated heterocycles. The molecule has 2 aliphatic heterocycles. The fourth-order valence-electron chi connectivity index (χ4n) is 4.59. The molecule has 32 heavy (non-hydrogen) atoms. The van der Waals surface area contributed by atoms with E-state index in [1.807, 2.05) is 35.0 Å². The number of fused-ring (bicyclic) bond motifs is 2. The topological polar surface area (TPSA) is 50.0 Å². The van der Waals surface area contributed by atoms with Crippen LogP contribution >= 0.6 is 34.3 Å². The molecule has 0 fully saturated rings. The Morgan fingerprint density at radius 3 is 2.66 bits per heavy atom. The van der Waals surface area contributed by atoms with E-state index in [1.165, 1.54) is 20.9 Å². The molecule has 4 heterocycles. The van der Waals surface area contributed by atoms with E-state index in [-0.39, 0.29) is 6.04 Å². The van der Waals surface area contributed by atoms with E-state index in [9.17, 15) is 0 Å². The maximum absolute atomic E-state index is 6.22. The summed E-state index contributed by atoms with van der Waals surface area (Å²) in [7, 11) is 0. The first kappa shape index (κ1) is 21.7. The lowest BCUT2D eigenvalue weighted by molar-refractivity contribution is 0.610. The number of aliphatic imine (C=N–C) groups is 1. The van der Waals surface area contributed by atoms with Gasteiger partial charge in [0.2, 0.25) is 0 Å². The first-order valence-electron chi connectivity index (χ1n) is 10.9. The Hall–Kier alpha value is -2.15. The molecular weight excluding hydrogens is 456 g/mol. The van der Waals surface area contributed by atoms with Crippen molar-refractivity contribution in [2.45, 2.75) is 52.5 Å². The minimum absolute atomic E-state index is 0.0840. The Balaban J connectivity index is 1.72. The highest BCUT2D eigenvalue weighted by molar-refractivity contribution is 7.12. The highest BCUT2D eigenvalue weighted by atomic mass is 35.5. The number of rotatable bonds is 3. The second kappa shape index (κ2) is 9.00. The van der Waals surface area contributed by atoms with Gasteiger partial charge in [0.05, 0.1) is 22.5 Å². The van der Waals surface area contributed by atoms with E-state index in [0.29, 0.717) is 5.92 Å². The SMILES string of the molecule is CC1=NN=C2C(CCc3sc(C)c(C)c3C(c3ccc(Cl)cc3)=N[C@H]2Cc2nccs2)C1. The standard InChI is InChI=1S/C25H25ClN4S2/c1-14-12-18-6-9-21-23(15(2)16(3)32-21)25(17-4-7-19(26)8-5-17)28-20(24(18)30-29-14)13-22-27-10-11-31-22/h4-5,7-8,10-11,18,20H,6,9,12-13H2,1-3H3/t18?,20-/m0/s1. The van der Waals surface area contributed by atoms with Crippen LogP contribution in [0.4, 0.5) is 0 Å². The summed E-state index contributed by atoms with van der Waals surface area (Å²) in [6.45, 7) is 6.52. The summed E-state index contributed by atoms with van der Waals surface area (Å²) in [5, 5.41) is 13.0. The van der Waals surface area contributed by atoms with Crippen molar-refractivity contribution in [2.24, 2.45) is 21.1 Å². The maximum Gasteiger partial charge on any atom is 0.0973 e. The zero-order valence-electron chi connectivity index (χ0n) is 18.4. The zero-order valence-corrected chi connectivity index (χ0v) is 20.8. The van der Waals surface area contributed by atoms with Crippen molar-refractivity contribution in [1.82, 2.24) is 4.98 Å². The molecule has 0 N–H and O–H groups in total. The number of aryl methyl sites for hydroxylation is 2. The van der Waals surface area contributed by atoms with Gasteiger partial charge in [0, 0.05) is 55.5 Å². The van der Waals surface area contributed by atoms with Gasteiger partial charge in [-0.25, -0.2) is 4.98 Å². The molecule has 1 unspecified atom stereocenters. The van der Waals surface area contributed by atoms with E-state index < -0.39 is 0 Å².